The Morgan fingerprint density at radius 3 is 2.75 bits per heavy atom. The maximum Gasteiger partial charge on any atom is 0.339 e. The van der Waals surface area contributed by atoms with E-state index in [1.807, 2.05) is 31.2 Å². The maximum absolute atomic E-state index is 12.8. The lowest BCUT2D eigenvalue weighted by molar-refractivity contribution is -0.124. The van der Waals surface area contributed by atoms with Gasteiger partial charge in [-0.15, -0.1) is 10.2 Å². The number of rotatable bonds is 7. The standard InChI is InChI=1S/C20H22N4O3S/c1-4-8-17-23-24-20(28-17)22-18(25)16(5-2)27-19(26)14-11-12(3)21-15-10-7-6-9-13(14)15/h6-7,9-11,16H,4-5,8H2,1-3H3,(H,22,24,25)/t16-/m0/s1. The highest BCUT2D eigenvalue weighted by atomic mass is 32.1. The van der Waals surface area contributed by atoms with Crippen LogP contribution >= 0.6 is 11.3 Å². The molecule has 28 heavy (non-hydrogen) atoms. The lowest BCUT2D eigenvalue weighted by Gasteiger charge is -2.16. The van der Waals surface area contributed by atoms with Gasteiger partial charge in [0.1, 0.15) is 5.01 Å². The molecule has 0 unspecified atom stereocenters. The van der Waals surface area contributed by atoms with Gasteiger partial charge in [0.25, 0.3) is 5.91 Å². The summed E-state index contributed by atoms with van der Waals surface area (Å²) in [6.45, 7) is 5.66. The molecule has 0 bridgehead atoms. The predicted molar refractivity (Wildman–Crippen MR) is 109 cm³/mol. The maximum atomic E-state index is 12.8. The molecule has 2 aromatic heterocycles. The highest BCUT2D eigenvalue weighted by molar-refractivity contribution is 7.15. The first kappa shape index (κ1) is 19.9. The minimum atomic E-state index is -0.918. The molecule has 7 nitrogen and oxygen atoms in total. The summed E-state index contributed by atoms with van der Waals surface area (Å²) in [4.78, 5) is 29.7. The number of esters is 1. The average Bonchev–Trinajstić information content (AvgIpc) is 3.12. The van der Waals surface area contributed by atoms with Gasteiger partial charge in [0, 0.05) is 17.5 Å². The summed E-state index contributed by atoms with van der Waals surface area (Å²) < 4.78 is 5.51. The Labute approximate surface area is 167 Å². The van der Waals surface area contributed by atoms with Crippen molar-refractivity contribution in [3.05, 3.63) is 46.6 Å². The second kappa shape index (κ2) is 8.88. The molecule has 146 valence electrons. The van der Waals surface area contributed by atoms with Crippen molar-refractivity contribution in [3.63, 3.8) is 0 Å². The molecule has 8 heteroatoms. The number of aromatic nitrogens is 3. The molecule has 0 spiro atoms. The van der Waals surface area contributed by atoms with Crippen molar-refractivity contribution in [2.45, 2.75) is 46.1 Å². The summed E-state index contributed by atoms with van der Waals surface area (Å²) in [6.07, 6.45) is 1.20. The largest absolute Gasteiger partial charge is 0.449 e. The quantitative estimate of drug-likeness (QED) is 0.606. The zero-order valence-electron chi connectivity index (χ0n) is 16.1. The number of amides is 1. The second-order valence-corrected chi connectivity index (χ2v) is 7.43. The van der Waals surface area contributed by atoms with Gasteiger partial charge in [0.2, 0.25) is 5.13 Å². The van der Waals surface area contributed by atoms with Gasteiger partial charge in [-0.1, -0.05) is 43.4 Å². The number of nitrogens with zero attached hydrogens (tertiary/aromatic N) is 3. The molecule has 0 aliphatic rings. The number of carbonyl (C=O) groups excluding carboxylic acids is 2. The van der Waals surface area contributed by atoms with Crippen molar-refractivity contribution in [2.75, 3.05) is 5.32 Å². The summed E-state index contributed by atoms with van der Waals surface area (Å²) in [5.74, 6) is -0.960. The number of benzene rings is 1. The molecule has 0 aliphatic heterocycles. The van der Waals surface area contributed by atoms with E-state index in [1.165, 1.54) is 11.3 Å². The van der Waals surface area contributed by atoms with Gasteiger partial charge >= 0.3 is 5.97 Å². The molecule has 1 amide bonds. The molecule has 1 N–H and O–H groups in total. The van der Waals surface area contributed by atoms with Crippen molar-refractivity contribution in [1.29, 1.82) is 0 Å². The third kappa shape index (κ3) is 4.51. The van der Waals surface area contributed by atoms with Crippen molar-refractivity contribution < 1.29 is 14.3 Å². The number of nitrogens with one attached hydrogen (secondary N) is 1. The van der Waals surface area contributed by atoms with Crippen molar-refractivity contribution in [1.82, 2.24) is 15.2 Å². The van der Waals surface area contributed by atoms with Crippen LogP contribution in [-0.2, 0) is 16.0 Å². The molecule has 3 rings (SSSR count). The summed E-state index contributed by atoms with van der Waals surface area (Å²) in [5.41, 5.74) is 1.82. The van der Waals surface area contributed by atoms with E-state index >= 15 is 0 Å². The minimum Gasteiger partial charge on any atom is -0.449 e. The Morgan fingerprint density at radius 2 is 2.00 bits per heavy atom. The van der Waals surface area contributed by atoms with E-state index in [9.17, 15) is 9.59 Å². The van der Waals surface area contributed by atoms with Crippen molar-refractivity contribution >= 4 is 39.2 Å². The Kier molecular flexibility index (Phi) is 6.30. The van der Waals surface area contributed by atoms with Crippen LogP contribution in [0, 0.1) is 6.92 Å². The van der Waals surface area contributed by atoms with E-state index in [0.29, 0.717) is 33.7 Å². The number of ether oxygens (including phenoxy) is 1. The van der Waals surface area contributed by atoms with E-state index in [-0.39, 0.29) is 0 Å². The van der Waals surface area contributed by atoms with Gasteiger partial charge in [0.15, 0.2) is 6.10 Å². The molecule has 2 heterocycles. The van der Waals surface area contributed by atoms with Crippen LogP contribution < -0.4 is 5.32 Å². The summed E-state index contributed by atoms with van der Waals surface area (Å²) >= 11 is 1.33. The van der Waals surface area contributed by atoms with E-state index in [4.69, 9.17) is 4.74 Å². The Bertz CT molecular complexity index is 1000. The smallest absolute Gasteiger partial charge is 0.339 e. The van der Waals surface area contributed by atoms with Gasteiger partial charge in [-0.25, -0.2) is 4.79 Å². The summed E-state index contributed by atoms with van der Waals surface area (Å²) in [5, 5.41) is 12.7. The normalized spacial score (nSPS) is 12.0. The van der Waals surface area contributed by atoms with Crippen LogP contribution in [0.5, 0.6) is 0 Å². The average molecular weight is 398 g/mol. The first-order valence-electron chi connectivity index (χ1n) is 9.22. The SMILES string of the molecule is CCCc1nnc(NC(=O)[C@H](CC)OC(=O)c2cc(C)nc3ccccc23)s1. The Balaban J connectivity index is 1.75. The van der Waals surface area contributed by atoms with E-state index in [2.05, 4.69) is 27.4 Å². The zero-order chi connectivity index (χ0) is 20.1. The molecule has 0 saturated carbocycles. The third-order valence-corrected chi connectivity index (χ3v) is 5.04. The Hall–Kier alpha value is -2.87. The third-order valence-electron chi connectivity index (χ3n) is 4.14. The van der Waals surface area contributed by atoms with E-state index in [0.717, 1.165) is 17.8 Å². The first-order valence-corrected chi connectivity index (χ1v) is 10.0. The topological polar surface area (TPSA) is 94.1 Å². The molecule has 1 atom stereocenters. The van der Waals surface area contributed by atoms with Crippen molar-refractivity contribution in [3.8, 4) is 0 Å². The molecule has 0 radical (unpaired) electrons. The fourth-order valence-corrected chi connectivity index (χ4v) is 3.64. The molecular formula is C20H22N4O3S. The summed E-state index contributed by atoms with van der Waals surface area (Å²) in [6, 6.07) is 9.03. The Morgan fingerprint density at radius 1 is 1.21 bits per heavy atom. The van der Waals surface area contributed by atoms with Gasteiger partial charge in [-0.3, -0.25) is 15.1 Å². The predicted octanol–water partition coefficient (Wildman–Crippen LogP) is 3.92. The van der Waals surface area contributed by atoms with E-state index < -0.39 is 18.0 Å². The lowest BCUT2D eigenvalue weighted by Crippen LogP contribution is -2.32. The van der Waals surface area contributed by atoms with Gasteiger partial charge < -0.3 is 4.74 Å². The van der Waals surface area contributed by atoms with Crippen LogP contribution in [0.4, 0.5) is 5.13 Å². The summed E-state index contributed by atoms with van der Waals surface area (Å²) in [7, 11) is 0. The number of anilines is 1. The van der Waals surface area contributed by atoms with Crippen molar-refractivity contribution in [2.24, 2.45) is 0 Å². The molecule has 1 aromatic carbocycles. The zero-order valence-corrected chi connectivity index (χ0v) is 16.9. The first-order chi connectivity index (χ1) is 13.5. The van der Waals surface area contributed by atoms with Crippen LogP contribution in [0.25, 0.3) is 10.9 Å². The molecule has 0 fully saturated rings. The number of pyridine rings is 1. The molecule has 3 aromatic rings. The molecule has 0 aliphatic carbocycles. The highest BCUT2D eigenvalue weighted by Crippen LogP contribution is 2.21. The van der Waals surface area contributed by atoms with Gasteiger partial charge in [-0.05, 0) is 31.9 Å². The molecular weight excluding hydrogens is 376 g/mol. The fraction of sp³-hybridized carbons (Fsp3) is 0.350. The van der Waals surface area contributed by atoms with Gasteiger partial charge in [0.05, 0.1) is 11.1 Å². The van der Waals surface area contributed by atoms with Gasteiger partial charge in [-0.2, -0.15) is 0 Å². The number of carbonyl (C=O) groups is 2. The van der Waals surface area contributed by atoms with E-state index in [1.54, 1.807) is 13.0 Å². The number of aryl methyl sites for hydroxylation is 2. The minimum absolute atomic E-state index is 0.347. The van der Waals surface area contributed by atoms with Crippen LogP contribution in [0.1, 0.15) is 47.7 Å². The van der Waals surface area contributed by atoms with Crippen LogP contribution in [-0.4, -0.2) is 33.2 Å². The number of para-hydroxylation sites is 1. The molecule has 0 saturated heterocycles. The lowest BCUT2D eigenvalue weighted by atomic mass is 10.1. The highest BCUT2D eigenvalue weighted by Gasteiger charge is 2.24. The number of hydrogen-bond donors (Lipinski definition) is 1. The van der Waals surface area contributed by atoms with Crippen LogP contribution in [0.15, 0.2) is 30.3 Å². The fourth-order valence-electron chi connectivity index (χ4n) is 2.80. The van der Waals surface area contributed by atoms with Crippen LogP contribution in [0.2, 0.25) is 0 Å². The number of hydrogen-bond acceptors (Lipinski definition) is 7. The number of fused-ring (bicyclic) bond motifs is 1. The second-order valence-electron chi connectivity index (χ2n) is 6.37. The van der Waals surface area contributed by atoms with Crippen LogP contribution in [0.3, 0.4) is 0 Å². The monoisotopic (exact) mass is 398 g/mol.